The standard InChI is InChI=1S/C22H28N2O5S/c25-19(17-13-8-9-14(29-13)18(17)22(27)28)23-20-16(12-6-2-3-7-15(12)30-20)21(26)24-10-4-1-5-11-24/h13-14,17-18H,1-11H2,(H,23,25)(H,27,28)/t13-,14-,17+,18-/m0/s1. The lowest BCUT2D eigenvalue weighted by Gasteiger charge is -2.28. The summed E-state index contributed by atoms with van der Waals surface area (Å²) < 4.78 is 5.76. The summed E-state index contributed by atoms with van der Waals surface area (Å²) >= 11 is 1.50. The minimum atomic E-state index is -0.975. The molecule has 1 aliphatic carbocycles. The zero-order chi connectivity index (χ0) is 20.8. The molecule has 3 saturated heterocycles. The van der Waals surface area contributed by atoms with E-state index >= 15 is 0 Å². The molecule has 0 unspecified atom stereocenters. The molecule has 1 aromatic rings. The van der Waals surface area contributed by atoms with Crippen LogP contribution in [0.15, 0.2) is 0 Å². The molecule has 3 fully saturated rings. The number of ether oxygens (including phenoxy) is 1. The Balaban J connectivity index is 1.44. The van der Waals surface area contributed by atoms with Gasteiger partial charge in [-0.15, -0.1) is 11.3 Å². The smallest absolute Gasteiger partial charge is 0.310 e. The molecule has 2 bridgehead atoms. The normalized spacial score (nSPS) is 30.2. The number of hydrogen-bond donors (Lipinski definition) is 2. The van der Waals surface area contributed by atoms with Crippen molar-refractivity contribution in [2.24, 2.45) is 11.8 Å². The second-order valence-corrected chi connectivity index (χ2v) is 10.0. The molecular weight excluding hydrogens is 404 g/mol. The van der Waals surface area contributed by atoms with Crippen molar-refractivity contribution >= 4 is 34.1 Å². The number of aryl methyl sites for hydroxylation is 1. The monoisotopic (exact) mass is 432 g/mol. The number of nitrogens with one attached hydrogen (secondary N) is 1. The van der Waals surface area contributed by atoms with Gasteiger partial charge in [0, 0.05) is 18.0 Å². The quantitative estimate of drug-likeness (QED) is 0.762. The first-order valence-corrected chi connectivity index (χ1v) is 12.0. The second kappa shape index (κ2) is 7.96. The summed E-state index contributed by atoms with van der Waals surface area (Å²) in [5.74, 6) is -2.78. The number of nitrogens with zero attached hydrogens (tertiary/aromatic N) is 1. The van der Waals surface area contributed by atoms with E-state index in [2.05, 4.69) is 5.32 Å². The van der Waals surface area contributed by atoms with Crippen LogP contribution in [0.3, 0.4) is 0 Å². The van der Waals surface area contributed by atoms with Gasteiger partial charge in [0.2, 0.25) is 5.91 Å². The molecule has 30 heavy (non-hydrogen) atoms. The van der Waals surface area contributed by atoms with E-state index in [1.807, 2.05) is 4.90 Å². The average molecular weight is 433 g/mol. The lowest BCUT2D eigenvalue weighted by molar-refractivity contribution is -0.147. The second-order valence-electron chi connectivity index (χ2n) is 8.94. The van der Waals surface area contributed by atoms with Gasteiger partial charge < -0.3 is 20.1 Å². The SMILES string of the molecule is O=C(O)[C@@H]1[C@H](C(=O)Nc2sc3c(c2C(=O)N2CCCCC2)CCCC3)[C@@H]2CC[C@@H]1O2. The van der Waals surface area contributed by atoms with Gasteiger partial charge in [0.1, 0.15) is 5.00 Å². The Kier molecular flexibility index (Phi) is 5.31. The average Bonchev–Trinajstić information content (AvgIpc) is 3.46. The summed E-state index contributed by atoms with van der Waals surface area (Å²) in [6.07, 6.45) is 7.82. The Hall–Kier alpha value is -1.93. The predicted molar refractivity (Wildman–Crippen MR) is 112 cm³/mol. The van der Waals surface area contributed by atoms with Gasteiger partial charge in [-0.1, -0.05) is 0 Å². The number of rotatable bonds is 4. The van der Waals surface area contributed by atoms with Crippen LogP contribution < -0.4 is 5.32 Å². The molecule has 4 heterocycles. The van der Waals surface area contributed by atoms with Gasteiger partial charge in [0.05, 0.1) is 29.6 Å². The van der Waals surface area contributed by atoms with Crippen molar-refractivity contribution in [2.45, 2.75) is 70.0 Å². The van der Waals surface area contributed by atoms with Gasteiger partial charge in [0.15, 0.2) is 0 Å². The van der Waals surface area contributed by atoms with Crippen molar-refractivity contribution in [1.82, 2.24) is 4.90 Å². The minimum Gasteiger partial charge on any atom is -0.481 e. The van der Waals surface area contributed by atoms with Crippen molar-refractivity contribution in [3.8, 4) is 0 Å². The zero-order valence-electron chi connectivity index (χ0n) is 17.0. The number of aliphatic carboxylic acids is 1. The first kappa shape index (κ1) is 20.0. The fourth-order valence-corrected chi connectivity index (χ4v) is 6.94. The summed E-state index contributed by atoms with van der Waals surface area (Å²) in [5.41, 5.74) is 1.75. The number of fused-ring (bicyclic) bond motifs is 3. The van der Waals surface area contributed by atoms with Gasteiger partial charge in [-0.05, 0) is 63.4 Å². The summed E-state index contributed by atoms with van der Waals surface area (Å²) in [5, 5.41) is 13.2. The van der Waals surface area contributed by atoms with Gasteiger partial charge in [-0.2, -0.15) is 0 Å². The minimum absolute atomic E-state index is 0.0170. The maximum Gasteiger partial charge on any atom is 0.310 e. The number of carboxylic acid groups (broad SMARTS) is 1. The molecule has 2 amide bonds. The molecule has 0 radical (unpaired) electrons. The van der Waals surface area contributed by atoms with Crippen LogP contribution in [0.2, 0.25) is 0 Å². The lowest BCUT2D eigenvalue weighted by atomic mass is 9.78. The molecule has 2 N–H and O–H groups in total. The van der Waals surface area contributed by atoms with Crippen LogP contribution in [0.5, 0.6) is 0 Å². The molecule has 7 nitrogen and oxygen atoms in total. The third kappa shape index (κ3) is 3.34. The van der Waals surface area contributed by atoms with E-state index in [0.29, 0.717) is 23.4 Å². The summed E-state index contributed by atoms with van der Waals surface area (Å²) in [4.78, 5) is 41.5. The number of likely N-dealkylation sites (tertiary alicyclic amines) is 1. The van der Waals surface area contributed by atoms with Gasteiger partial charge in [0.25, 0.3) is 5.91 Å². The number of thiophene rings is 1. The Morgan fingerprint density at radius 3 is 2.40 bits per heavy atom. The highest BCUT2D eigenvalue weighted by Crippen LogP contribution is 2.45. The van der Waals surface area contributed by atoms with Crippen molar-refractivity contribution in [1.29, 1.82) is 0 Å². The summed E-state index contributed by atoms with van der Waals surface area (Å²) in [6.45, 7) is 1.52. The number of carbonyl (C=O) groups excluding carboxylic acids is 2. The number of hydrogen-bond acceptors (Lipinski definition) is 5. The third-order valence-corrected chi connectivity index (χ3v) is 8.33. The Bertz CT molecular complexity index is 875. The number of carboxylic acids is 1. The van der Waals surface area contributed by atoms with Crippen LogP contribution in [-0.4, -0.2) is 53.1 Å². The highest BCUT2D eigenvalue weighted by Gasteiger charge is 2.55. The van der Waals surface area contributed by atoms with Crippen LogP contribution in [0, 0.1) is 11.8 Å². The van der Waals surface area contributed by atoms with Gasteiger partial charge in [-0.25, -0.2) is 0 Å². The zero-order valence-corrected chi connectivity index (χ0v) is 17.8. The van der Waals surface area contributed by atoms with Crippen molar-refractivity contribution in [2.75, 3.05) is 18.4 Å². The van der Waals surface area contributed by atoms with E-state index in [1.165, 1.54) is 16.2 Å². The number of carbonyl (C=O) groups is 3. The van der Waals surface area contributed by atoms with Crippen LogP contribution in [0.25, 0.3) is 0 Å². The molecule has 5 rings (SSSR count). The Labute approximate surface area is 179 Å². The fraction of sp³-hybridized carbons (Fsp3) is 0.682. The van der Waals surface area contributed by atoms with E-state index in [4.69, 9.17) is 4.74 Å². The molecule has 4 aliphatic rings. The molecule has 0 spiro atoms. The Morgan fingerprint density at radius 1 is 0.967 bits per heavy atom. The first-order chi connectivity index (χ1) is 14.5. The lowest BCUT2D eigenvalue weighted by Crippen LogP contribution is -2.41. The van der Waals surface area contributed by atoms with E-state index in [0.717, 1.165) is 63.6 Å². The predicted octanol–water partition coefficient (Wildman–Crippen LogP) is 3.07. The molecule has 162 valence electrons. The first-order valence-electron chi connectivity index (χ1n) is 11.2. The highest BCUT2D eigenvalue weighted by atomic mass is 32.1. The molecule has 4 atom stereocenters. The molecule has 8 heteroatoms. The van der Waals surface area contributed by atoms with E-state index < -0.39 is 17.8 Å². The summed E-state index contributed by atoms with van der Waals surface area (Å²) in [7, 11) is 0. The van der Waals surface area contributed by atoms with Crippen LogP contribution in [0.4, 0.5) is 5.00 Å². The van der Waals surface area contributed by atoms with Crippen LogP contribution in [0.1, 0.15) is 65.7 Å². The van der Waals surface area contributed by atoms with Gasteiger partial charge >= 0.3 is 5.97 Å². The largest absolute Gasteiger partial charge is 0.481 e. The maximum absolute atomic E-state index is 13.4. The number of piperidine rings is 1. The van der Waals surface area contributed by atoms with Crippen LogP contribution >= 0.6 is 11.3 Å². The highest BCUT2D eigenvalue weighted by molar-refractivity contribution is 7.17. The molecular formula is C22H28N2O5S. The molecule has 0 saturated carbocycles. The fourth-order valence-electron chi connectivity index (χ4n) is 5.66. The summed E-state index contributed by atoms with van der Waals surface area (Å²) in [6, 6.07) is 0. The number of anilines is 1. The van der Waals surface area contributed by atoms with E-state index in [-0.39, 0.29) is 24.0 Å². The molecule has 0 aromatic carbocycles. The topological polar surface area (TPSA) is 95.9 Å². The molecule has 1 aromatic heterocycles. The van der Waals surface area contributed by atoms with Crippen molar-refractivity contribution in [3.05, 3.63) is 16.0 Å². The van der Waals surface area contributed by atoms with E-state index in [1.54, 1.807) is 0 Å². The van der Waals surface area contributed by atoms with Gasteiger partial charge in [-0.3, -0.25) is 14.4 Å². The number of amides is 2. The van der Waals surface area contributed by atoms with Crippen LogP contribution in [-0.2, 0) is 27.2 Å². The maximum atomic E-state index is 13.4. The third-order valence-electron chi connectivity index (χ3n) is 7.13. The molecule has 3 aliphatic heterocycles. The van der Waals surface area contributed by atoms with Crippen molar-refractivity contribution in [3.63, 3.8) is 0 Å². The Morgan fingerprint density at radius 2 is 1.67 bits per heavy atom. The van der Waals surface area contributed by atoms with Crippen molar-refractivity contribution < 1.29 is 24.2 Å². The van der Waals surface area contributed by atoms with E-state index in [9.17, 15) is 19.5 Å².